The Morgan fingerprint density at radius 1 is 1.33 bits per heavy atom. The smallest absolute Gasteiger partial charge is 0.280 e. The maximum absolute atomic E-state index is 13.0. The molecule has 4 rings (SSSR count). The average molecular weight is 390 g/mol. The van der Waals surface area contributed by atoms with Crippen LogP contribution in [0.5, 0.6) is 0 Å². The van der Waals surface area contributed by atoms with Gasteiger partial charge in [0.15, 0.2) is 5.69 Å². The van der Waals surface area contributed by atoms with Gasteiger partial charge in [-0.05, 0) is 57.0 Å². The summed E-state index contributed by atoms with van der Waals surface area (Å²) in [6.45, 7) is 4.62. The molecule has 2 aliphatic rings. The van der Waals surface area contributed by atoms with E-state index >= 15 is 0 Å². The number of fused-ring (bicyclic) bond motifs is 1. The van der Waals surface area contributed by atoms with Crippen molar-refractivity contribution in [1.29, 1.82) is 0 Å². The number of halogens is 1. The van der Waals surface area contributed by atoms with Gasteiger partial charge in [-0.2, -0.15) is 0 Å². The zero-order chi connectivity index (χ0) is 16.7. The van der Waals surface area contributed by atoms with E-state index in [9.17, 15) is 4.79 Å². The third-order valence-corrected chi connectivity index (χ3v) is 5.47. The van der Waals surface area contributed by atoms with Gasteiger partial charge in [-0.1, -0.05) is 27.2 Å². The molecule has 1 N–H and O–H groups in total. The third kappa shape index (κ3) is 2.65. The number of carbonyl (C=O) groups is 1. The van der Waals surface area contributed by atoms with Crippen LogP contribution in [-0.2, 0) is 6.42 Å². The number of carbonyl (C=O) groups excluding carboxylic acids is 1. The quantitative estimate of drug-likeness (QED) is 0.856. The van der Waals surface area contributed by atoms with E-state index in [0.717, 1.165) is 48.2 Å². The van der Waals surface area contributed by atoms with Crippen molar-refractivity contribution in [3.8, 4) is 0 Å². The summed E-state index contributed by atoms with van der Waals surface area (Å²) < 4.78 is 2.92. The fourth-order valence-corrected chi connectivity index (χ4v) is 3.98. The van der Waals surface area contributed by atoms with Crippen LogP contribution >= 0.6 is 15.9 Å². The van der Waals surface area contributed by atoms with Crippen LogP contribution in [-0.4, -0.2) is 40.5 Å². The SMILES string of the molecule is Cc1c(C(=O)N2CCc3ccc(Br)cc32)nnn1C1CCNCC1. The van der Waals surface area contributed by atoms with Gasteiger partial charge in [0, 0.05) is 16.7 Å². The van der Waals surface area contributed by atoms with E-state index in [0.29, 0.717) is 18.3 Å². The summed E-state index contributed by atoms with van der Waals surface area (Å²) in [6, 6.07) is 6.43. The highest BCUT2D eigenvalue weighted by molar-refractivity contribution is 9.10. The summed E-state index contributed by atoms with van der Waals surface area (Å²) in [5.74, 6) is -0.0514. The number of piperidine rings is 1. The van der Waals surface area contributed by atoms with E-state index < -0.39 is 0 Å². The number of nitrogens with one attached hydrogen (secondary N) is 1. The van der Waals surface area contributed by atoms with Crippen molar-refractivity contribution in [2.24, 2.45) is 0 Å². The molecule has 0 radical (unpaired) electrons. The first-order chi connectivity index (χ1) is 11.6. The Morgan fingerprint density at radius 3 is 2.92 bits per heavy atom. The second-order valence-electron chi connectivity index (χ2n) is 6.43. The third-order valence-electron chi connectivity index (χ3n) is 4.97. The minimum atomic E-state index is -0.0514. The van der Waals surface area contributed by atoms with E-state index in [4.69, 9.17) is 0 Å². The van der Waals surface area contributed by atoms with Gasteiger partial charge in [-0.3, -0.25) is 4.79 Å². The summed E-state index contributed by atoms with van der Waals surface area (Å²) >= 11 is 3.49. The highest BCUT2D eigenvalue weighted by atomic mass is 79.9. The number of anilines is 1. The summed E-state index contributed by atoms with van der Waals surface area (Å²) in [4.78, 5) is 14.8. The normalized spacial score (nSPS) is 18.0. The molecule has 1 aromatic heterocycles. The van der Waals surface area contributed by atoms with Gasteiger partial charge in [-0.15, -0.1) is 5.10 Å². The second kappa shape index (κ2) is 6.29. The summed E-state index contributed by atoms with van der Waals surface area (Å²) in [7, 11) is 0. The van der Waals surface area contributed by atoms with Crippen LogP contribution in [0.3, 0.4) is 0 Å². The van der Waals surface area contributed by atoms with Crippen molar-refractivity contribution in [3.05, 3.63) is 39.6 Å². The molecule has 0 aliphatic carbocycles. The predicted molar refractivity (Wildman–Crippen MR) is 95.4 cm³/mol. The monoisotopic (exact) mass is 389 g/mol. The Bertz CT molecular complexity index is 781. The minimum Gasteiger partial charge on any atom is -0.317 e. The largest absolute Gasteiger partial charge is 0.317 e. The zero-order valence-corrected chi connectivity index (χ0v) is 15.2. The van der Waals surface area contributed by atoms with Gasteiger partial charge in [0.05, 0.1) is 11.7 Å². The van der Waals surface area contributed by atoms with Crippen molar-refractivity contribution < 1.29 is 4.79 Å². The lowest BCUT2D eigenvalue weighted by molar-refractivity contribution is 0.0984. The molecule has 2 aliphatic heterocycles. The summed E-state index contributed by atoms with van der Waals surface area (Å²) in [6.07, 6.45) is 2.94. The molecule has 6 nitrogen and oxygen atoms in total. The van der Waals surface area contributed by atoms with E-state index in [1.165, 1.54) is 5.56 Å². The lowest BCUT2D eigenvalue weighted by Crippen LogP contribution is -2.31. The van der Waals surface area contributed by atoms with Gasteiger partial charge in [0.2, 0.25) is 0 Å². The van der Waals surface area contributed by atoms with Gasteiger partial charge < -0.3 is 10.2 Å². The molecule has 0 saturated carbocycles. The number of benzene rings is 1. The molecular weight excluding hydrogens is 370 g/mol. The van der Waals surface area contributed by atoms with Crippen LogP contribution in [0.15, 0.2) is 22.7 Å². The Labute approximate surface area is 149 Å². The number of rotatable bonds is 2. The van der Waals surface area contributed by atoms with E-state index in [-0.39, 0.29) is 5.91 Å². The van der Waals surface area contributed by atoms with Crippen molar-refractivity contribution in [2.75, 3.05) is 24.5 Å². The standard InChI is InChI=1S/C17H20BrN5O/c1-11-16(20-21-23(11)14-4-7-19-8-5-14)17(24)22-9-6-12-2-3-13(18)10-15(12)22/h2-3,10,14,19H,4-9H2,1H3. The fourth-order valence-electron chi connectivity index (χ4n) is 3.63. The van der Waals surface area contributed by atoms with E-state index in [1.807, 2.05) is 28.6 Å². The molecule has 0 spiro atoms. The molecule has 7 heteroatoms. The number of aromatic nitrogens is 3. The maximum Gasteiger partial charge on any atom is 0.280 e. The highest BCUT2D eigenvalue weighted by Gasteiger charge is 2.30. The molecule has 0 unspecified atom stereocenters. The highest BCUT2D eigenvalue weighted by Crippen LogP contribution is 2.32. The topological polar surface area (TPSA) is 63.1 Å². The van der Waals surface area contributed by atoms with Gasteiger partial charge >= 0.3 is 0 Å². The van der Waals surface area contributed by atoms with Crippen LogP contribution in [0, 0.1) is 6.92 Å². The number of amides is 1. The molecule has 24 heavy (non-hydrogen) atoms. The fraction of sp³-hybridized carbons (Fsp3) is 0.471. The molecule has 0 bridgehead atoms. The summed E-state index contributed by atoms with van der Waals surface area (Å²) in [5.41, 5.74) is 3.52. The van der Waals surface area contributed by atoms with Gasteiger partial charge in [0.25, 0.3) is 5.91 Å². The number of hydrogen-bond donors (Lipinski definition) is 1. The minimum absolute atomic E-state index is 0.0514. The molecule has 2 aromatic rings. The first kappa shape index (κ1) is 15.8. The zero-order valence-electron chi connectivity index (χ0n) is 13.6. The van der Waals surface area contributed by atoms with Crippen molar-refractivity contribution in [3.63, 3.8) is 0 Å². The lowest BCUT2D eigenvalue weighted by atomic mass is 10.1. The van der Waals surface area contributed by atoms with Crippen LogP contribution < -0.4 is 10.2 Å². The van der Waals surface area contributed by atoms with Crippen LogP contribution in [0.2, 0.25) is 0 Å². The van der Waals surface area contributed by atoms with E-state index in [1.54, 1.807) is 0 Å². The Balaban J connectivity index is 1.62. The van der Waals surface area contributed by atoms with Crippen LogP contribution in [0.1, 0.15) is 40.6 Å². The molecular formula is C17H20BrN5O. The number of nitrogens with zero attached hydrogens (tertiary/aromatic N) is 4. The molecule has 3 heterocycles. The Morgan fingerprint density at radius 2 is 2.12 bits per heavy atom. The Hall–Kier alpha value is -1.73. The van der Waals surface area contributed by atoms with Gasteiger partial charge in [0.1, 0.15) is 0 Å². The first-order valence-electron chi connectivity index (χ1n) is 8.38. The lowest BCUT2D eigenvalue weighted by Gasteiger charge is -2.23. The molecule has 1 aromatic carbocycles. The van der Waals surface area contributed by atoms with Crippen LogP contribution in [0.4, 0.5) is 5.69 Å². The Kier molecular flexibility index (Phi) is 4.14. The molecule has 1 amide bonds. The molecule has 1 fully saturated rings. The van der Waals surface area contributed by atoms with Crippen molar-refractivity contribution in [2.45, 2.75) is 32.2 Å². The van der Waals surface area contributed by atoms with E-state index in [2.05, 4.69) is 37.6 Å². The molecule has 126 valence electrons. The molecule has 0 atom stereocenters. The first-order valence-corrected chi connectivity index (χ1v) is 9.17. The second-order valence-corrected chi connectivity index (χ2v) is 7.34. The van der Waals surface area contributed by atoms with Crippen molar-refractivity contribution >= 4 is 27.5 Å². The number of hydrogen-bond acceptors (Lipinski definition) is 4. The van der Waals surface area contributed by atoms with Crippen LogP contribution in [0.25, 0.3) is 0 Å². The average Bonchev–Trinajstić information content (AvgIpc) is 3.18. The summed E-state index contributed by atoms with van der Waals surface area (Å²) in [5, 5.41) is 11.9. The van der Waals surface area contributed by atoms with Crippen molar-refractivity contribution in [1.82, 2.24) is 20.3 Å². The van der Waals surface area contributed by atoms with Gasteiger partial charge in [-0.25, -0.2) is 4.68 Å². The molecule has 1 saturated heterocycles. The maximum atomic E-state index is 13.0. The predicted octanol–water partition coefficient (Wildman–Crippen LogP) is 2.48.